The van der Waals surface area contributed by atoms with Crippen molar-refractivity contribution >= 4 is 11.3 Å². The number of piperidine rings is 1. The fraction of sp³-hybridized carbons (Fsp3) is 0.769. The monoisotopic (exact) mass is 253 g/mol. The van der Waals surface area contributed by atoms with Crippen molar-refractivity contribution in [2.75, 3.05) is 19.6 Å². The van der Waals surface area contributed by atoms with Crippen LogP contribution in [0.2, 0.25) is 0 Å². The van der Waals surface area contributed by atoms with E-state index in [4.69, 9.17) is 0 Å². The van der Waals surface area contributed by atoms with Gasteiger partial charge in [0.2, 0.25) is 0 Å². The Morgan fingerprint density at radius 2 is 2.47 bits per heavy atom. The van der Waals surface area contributed by atoms with Gasteiger partial charge in [0.15, 0.2) is 0 Å². The third kappa shape index (κ3) is 4.05. The van der Waals surface area contributed by atoms with Crippen molar-refractivity contribution < 1.29 is 0 Å². The Kier molecular flexibility index (Phi) is 4.95. The van der Waals surface area contributed by atoms with Gasteiger partial charge in [0, 0.05) is 30.9 Å². The molecule has 1 aromatic heterocycles. The van der Waals surface area contributed by atoms with Crippen LogP contribution in [-0.4, -0.2) is 30.7 Å². The first kappa shape index (κ1) is 13.0. The van der Waals surface area contributed by atoms with Gasteiger partial charge >= 0.3 is 0 Å². The molecule has 0 radical (unpaired) electrons. The van der Waals surface area contributed by atoms with Crippen LogP contribution in [-0.2, 0) is 6.42 Å². The highest BCUT2D eigenvalue weighted by atomic mass is 32.1. The summed E-state index contributed by atoms with van der Waals surface area (Å²) in [5, 5.41) is 10.5. The van der Waals surface area contributed by atoms with E-state index in [1.807, 2.05) is 0 Å². The minimum atomic E-state index is 0.654. The minimum Gasteiger partial charge on any atom is -0.315 e. The van der Waals surface area contributed by atoms with E-state index in [1.54, 1.807) is 11.3 Å². The highest BCUT2D eigenvalue weighted by molar-refractivity contribution is 7.09. The van der Waals surface area contributed by atoms with Crippen molar-refractivity contribution in [2.24, 2.45) is 5.92 Å². The second kappa shape index (κ2) is 6.47. The largest absolute Gasteiger partial charge is 0.315 e. The molecule has 1 saturated heterocycles. The maximum absolute atomic E-state index is 4.47. The summed E-state index contributed by atoms with van der Waals surface area (Å²) in [5.41, 5.74) is 1.23. The molecule has 96 valence electrons. The second-order valence-corrected chi connectivity index (χ2v) is 6.05. The van der Waals surface area contributed by atoms with Gasteiger partial charge in [-0.25, -0.2) is 4.98 Å². The van der Waals surface area contributed by atoms with Crippen LogP contribution in [0.1, 0.15) is 30.5 Å². The number of aryl methyl sites for hydroxylation is 1. The first-order chi connectivity index (χ1) is 8.25. The summed E-state index contributed by atoms with van der Waals surface area (Å²) in [5.74, 6) is 0.803. The second-order valence-electron chi connectivity index (χ2n) is 4.99. The topological polar surface area (TPSA) is 37.0 Å². The molecule has 2 atom stereocenters. The van der Waals surface area contributed by atoms with Crippen LogP contribution in [0, 0.1) is 12.8 Å². The SMILES string of the molecule is Cc1nc(CCNCC2NCCCC2C)cs1. The van der Waals surface area contributed by atoms with E-state index in [-0.39, 0.29) is 0 Å². The molecule has 2 heterocycles. The number of hydrogen-bond donors (Lipinski definition) is 2. The van der Waals surface area contributed by atoms with Gasteiger partial charge < -0.3 is 10.6 Å². The Labute approximate surface area is 108 Å². The Morgan fingerprint density at radius 1 is 1.59 bits per heavy atom. The number of nitrogens with zero attached hydrogens (tertiary/aromatic N) is 1. The molecule has 0 saturated carbocycles. The maximum Gasteiger partial charge on any atom is 0.0897 e. The van der Waals surface area contributed by atoms with Crippen LogP contribution in [0.25, 0.3) is 0 Å². The molecule has 2 N–H and O–H groups in total. The zero-order chi connectivity index (χ0) is 12.1. The highest BCUT2D eigenvalue weighted by Crippen LogP contribution is 2.14. The number of nitrogens with one attached hydrogen (secondary N) is 2. The minimum absolute atomic E-state index is 0.654. The van der Waals surface area contributed by atoms with E-state index in [9.17, 15) is 0 Å². The molecular weight excluding hydrogens is 230 g/mol. The molecule has 3 nitrogen and oxygen atoms in total. The van der Waals surface area contributed by atoms with Crippen LogP contribution in [0.4, 0.5) is 0 Å². The first-order valence-electron chi connectivity index (χ1n) is 6.61. The van der Waals surface area contributed by atoms with Gasteiger partial charge in [-0.2, -0.15) is 0 Å². The molecule has 17 heavy (non-hydrogen) atoms. The van der Waals surface area contributed by atoms with Gasteiger partial charge in [0.05, 0.1) is 10.7 Å². The Balaban J connectivity index is 1.62. The maximum atomic E-state index is 4.47. The van der Waals surface area contributed by atoms with E-state index >= 15 is 0 Å². The summed E-state index contributed by atoms with van der Waals surface area (Å²) in [7, 11) is 0. The lowest BCUT2D eigenvalue weighted by Gasteiger charge is -2.30. The molecule has 0 aliphatic carbocycles. The zero-order valence-electron chi connectivity index (χ0n) is 10.8. The Hall–Kier alpha value is -0.450. The van der Waals surface area contributed by atoms with Crippen LogP contribution < -0.4 is 10.6 Å². The summed E-state index contributed by atoms with van der Waals surface area (Å²) >= 11 is 1.74. The number of hydrogen-bond acceptors (Lipinski definition) is 4. The van der Waals surface area contributed by atoms with Gasteiger partial charge in [0.25, 0.3) is 0 Å². The van der Waals surface area contributed by atoms with Crippen molar-refractivity contribution in [3.63, 3.8) is 0 Å². The lowest BCUT2D eigenvalue weighted by atomic mass is 9.93. The van der Waals surface area contributed by atoms with E-state index in [0.717, 1.165) is 25.4 Å². The smallest absolute Gasteiger partial charge is 0.0897 e. The number of thiazole rings is 1. The molecule has 4 heteroatoms. The number of rotatable bonds is 5. The van der Waals surface area contributed by atoms with Gasteiger partial charge in [0.1, 0.15) is 0 Å². The lowest BCUT2D eigenvalue weighted by molar-refractivity contribution is 0.291. The molecule has 0 amide bonds. The Morgan fingerprint density at radius 3 is 3.18 bits per heavy atom. The average molecular weight is 253 g/mol. The average Bonchev–Trinajstić information content (AvgIpc) is 2.73. The molecule has 0 aromatic carbocycles. The van der Waals surface area contributed by atoms with Crippen molar-refractivity contribution in [1.29, 1.82) is 0 Å². The third-order valence-electron chi connectivity index (χ3n) is 3.52. The Bertz CT molecular complexity index is 337. The summed E-state index contributed by atoms with van der Waals surface area (Å²) in [6.45, 7) is 7.72. The summed E-state index contributed by atoms with van der Waals surface area (Å²) in [6, 6.07) is 0.654. The normalized spacial score (nSPS) is 25.1. The molecule has 2 rings (SSSR count). The van der Waals surface area contributed by atoms with Gasteiger partial charge in [-0.15, -0.1) is 11.3 Å². The van der Waals surface area contributed by atoms with Crippen LogP contribution >= 0.6 is 11.3 Å². The van der Waals surface area contributed by atoms with E-state index < -0.39 is 0 Å². The summed E-state index contributed by atoms with van der Waals surface area (Å²) in [4.78, 5) is 4.47. The van der Waals surface area contributed by atoms with Crippen molar-refractivity contribution in [2.45, 2.75) is 39.2 Å². The fourth-order valence-electron chi connectivity index (χ4n) is 2.38. The molecule has 1 aromatic rings. The third-order valence-corrected chi connectivity index (χ3v) is 4.34. The van der Waals surface area contributed by atoms with E-state index in [0.29, 0.717) is 6.04 Å². The van der Waals surface area contributed by atoms with Crippen LogP contribution in [0.5, 0.6) is 0 Å². The van der Waals surface area contributed by atoms with Crippen LogP contribution in [0.15, 0.2) is 5.38 Å². The van der Waals surface area contributed by atoms with Gasteiger partial charge in [-0.3, -0.25) is 0 Å². The first-order valence-corrected chi connectivity index (χ1v) is 7.49. The predicted molar refractivity (Wildman–Crippen MR) is 73.6 cm³/mol. The highest BCUT2D eigenvalue weighted by Gasteiger charge is 2.19. The molecule has 1 fully saturated rings. The fourth-order valence-corrected chi connectivity index (χ4v) is 3.03. The van der Waals surface area contributed by atoms with E-state index in [2.05, 4.69) is 34.8 Å². The summed E-state index contributed by atoms with van der Waals surface area (Å²) < 4.78 is 0. The van der Waals surface area contributed by atoms with Gasteiger partial charge in [-0.1, -0.05) is 6.92 Å². The zero-order valence-corrected chi connectivity index (χ0v) is 11.6. The summed E-state index contributed by atoms with van der Waals surface area (Å²) in [6.07, 6.45) is 3.74. The molecule has 2 unspecified atom stereocenters. The molecule has 0 bridgehead atoms. The molecular formula is C13H23N3S. The van der Waals surface area contributed by atoms with Crippen LogP contribution in [0.3, 0.4) is 0 Å². The molecule has 0 spiro atoms. The van der Waals surface area contributed by atoms with Crippen molar-refractivity contribution in [3.8, 4) is 0 Å². The quantitative estimate of drug-likeness (QED) is 0.788. The van der Waals surface area contributed by atoms with E-state index in [1.165, 1.54) is 30.1 Å². The van der Waals surface area contributed by atoms with Crippen molar-refractivity contribution in [3.05, 3.63) is 16.1 Å². The lowest BCUT2D eigenvalue weighted by Crippen LogP contribution is -2.46. The van der Waals surface area contributed by atoms with Crippen molar-refractivity contribution in [1.82, 2.24) is 15.6 Å². The standard InChI is InChI=1S/C13H23N3S/c1-10-4-3-6-15-13(10)8-14-7-5-12-9-17-11(2)16-12/h9-10,13-15H,3-8H2,1-2H3. The molecule has 1 aliphatic heterocycles. The molecule has 1 aliphatic rings. The number of aromatic nitrogens is 1. The predicted octanol–water partition coefficient (Wildman–Crippen LogP) is 1.97. The van der Waals surface area contributed by atoms with Gasteiger partial charge in [-0.05, 0) is 32.2 Å².